The third-order valence-corrected chi connectivity index (χ3v) is 6.56. The van der Waals surface area contributed by atoms with Crippen molar-refractivity contribution in [2.75, 3.05) is 0 Å². The molecule has 0 aliphatic heterocycles. The first kappa shape index (κ1) is 21.8. The quantitative estimate of drug-likeness (QED) is 0.671. The van der Waals surface area contributed by atoms with Gasteiger partial charge in [0.25, 0.3) is 5.91 Å². The average molecular weight is 445 g/mol. The van der Waals surface area contributed by atoms with Crippen molar-refractivity contribution in [1.82, 2.24) is 20.3 Å². The molecule has 1 N–H and O–H groups in total. The second-order valence-corrected chi connectivity index (χ2v) is 10.0. The molecule has 2 aromatic rings. The van der Waals surface area contributed by atoms with Crippen LogP contribution in [0.4, 0.5) is 0 Å². The number of rotatable bonds is 6. The number of nitrogens with zero attached hydrogens (tertiary/aromatic N) is 3. The van der Waals surface area contributed by atoms with Crippen LogP contribution in [-0.4, -0.2) is 38.5 Å². The molecule has 2 aliphatic carbocycles. The molecule has 0 bridgehead atoms. The highest BCUT2D eigenvalue weighted by Gasteiger charge is 2.59. The molecule has 0 radical (unpaired) electrons. The van der Waals surface area contributed by atoms with Gasteiger partial charge in [0.15, 0.2) is 5.69 Å². The topological polar surface area (TPSA) is 86.1 Å². The van der Waals surface area contributed by atoms with Crippen LogP contribution < -0.4 is 5.32 Å². The molecule has 1 amide bonds. The summed E-state index contributed by atoms with van der Waals surface area (Å²) in [5, 5.41) is 12.0. The predicted octanol–water partition coefficient (Wildman–Crippen LogP) is 4.29. The van der Waals surface area contributed by atoms with Crippen LogP contribution in [0.5, 0.6) is 0 Å². The summed E-state index contributed by atoms with van der Waals surface area (Å²) < 4.78 is 7.17. The summed E-state index contributed by atoms with van der Waals surface area (Å²) in [4.78, 5) is 24.8. The number of nitrogens with one attached hydrogen (secondary N) is 1. The van der Waals surface area contributed by atoms with Gasteiger partial charge < -0.3 is 10.1 Å². The molecular formula is C23H29ClN4O3. The number of carbonyl (C=O) groups excluding carboxylic acids is 2. The molecule has 4 rings (SSSR count). The third-order valence-electron chi connectivity index (χ3n) is 6.31. The molecule has 1 aromatic heterocycles. The molecule has 166 valence electrons. The Morgan fingerprint density at radius 1 is 1.23 bits per heavy atom. The van der Waals surface area contributed by atoms with Gasteiger partial charge in [0.1, 0.15) is 5.60 Å². The second-order valence-electron chi connectivity index (χ2n) is 9.61. The summed E-state index contributed by atoms with van der Waals surface area (Å²) in [7, 11) is 0. The molecule has 8 heteroatoms. The fraction of sp³-hybridized carbons (Fsp3) is 0.565. The van der Waals surface area contributed by atoms with Crippen LogP contribution in [-0.2, 0) is 4.74 Å². The van der Waals surface area contributed by atoms with Gasteiger partial charge in [-0.25, -0.2) is 9.48 Å². The van der Waals surface area contributed by atoms with Gasteiger partial charge in [0.2, 0.25) is 0 Å². The van der Waals surface area contributed by atoms with E-state index in [1.807, 2.05) is 20.8 Å². The molecule has 2 fully saturated rings. The van der Waals surface area contributed by atoms with Crippen LogP contribution in [0.25, 0.3) is 0 Å². The molecule has 0 spiro atoms. The number of aromatic nitrogens is 3. The van der Waals surface area contributed by atoms with E-state index in [9.17, 15) is 9.59 Å². The van der Waals surface area contributed by atoms with Crippen molar-refractivity contribution in [3.8, 4) is 0 Å². The molecule has 1 aromatic carbocycles. The highest BCUT2D eigenvalue weighted by Crippen LogP contribution is 2.62. The Morgan fingerprint density at radius 2 is 1.87 bits per heavy atom. The zero-order valence-electron chi connectivity index (χ0n) is 18.3. The smallest absolute Gasteiger partial charge is 0.361 e. The lowest BCUT2D eigenvalue weighted by Gasteiger charge is -2.21. The fourth-order valence-electron chi connectivity index (χ4n) is 4.88. The standard InChI is InChI=1S/C23H29ClN4O3/c1-5-18(25-21(29)13-6-8-14(24)9-7-13)20-16-10-15(11-17(16)20)28-12-19(26-27-28)22(30)31-23(2,3)4/h6-9,12,15-18,20H,5,10-11H2,1-4H3,(H,25,29)/t15?,16-,17+,18?,20?. The minimum Gasteiger partial charge on any atom is -0.455 e. The molecule has 0 saturated heterocycles. The SMILES string of the molecule is CCC(NC(=O)c1ccc(Cl)cc1)C1[C@H]2CC(n3cc(C(=O)OC(C)(C)C)nn3)C[C@@H]12. The normalized spacial score (nSPS) is 25.6. The summed E-state index contributed by atoms with van der Waals surface area (Å²) in [5.41, 5.74) is 0.312. The molecule has 1 heterocycles. The van der Waals surface area contributed by atoms with Gasteiger partial charge in [0.05, 0.1) is 12.2 Å². The number of amides is 1. The monoisotopic (exact) mass is 444 g/mol. The number of benzene rings is 1. The van der Waals surface area contributed by atoms with Crippen molar-refractivity contribution in [2.24, 2.45) is 17.8 Å². The maximum atomic E-state index is 12.6. The number of fused-ring (bicyclic) bond motifs is 1. The van der Waals surface area contributed by atoms with Crippen LogP contribution >= 0.6 is 11.6 Å². The van der Waals surface area contributed by atoms with E-state index in [0.29, 0.717) is 28.3 Å². The first-order valence-electron chi connectivity index (χ1n) is 10.9. The van der Waals surface area contributed by atoms with E-state index < -0.39 is 11.6 Å². The number of carbonyl (C=O) groups is 2. The zero-order chi connectivity index (χ0) is 22.3. The number of hydrogen-bond donors (Lipinski definition) is 1. The van der Waals surface area contributed by atoms with Crippen LogP contribution in [0.1, 0.15) is 73.8 Å². The van der Waals surface area contributed by atoms with Crippen molar-refractivity contribution in [3.05, 3.63) is 46.7 Å². The maximum absolute atomic E-state index is 12.6. The van der Waals surface area contributed by atoms with Crippen LogP contribution in [0.15, 0.2) is 30.5 Å². The average Bonchev–Trinajstić information content (AvgIpc) is 3.08. The summed E-state index contributed by atoms with van der Waals surface area (Å²) in [6.45, 7) is 7.60. The van der Waals surface area contributed by atoms with E-state index in [2.05, 4.69) is 22.6 Å². The highest BCUT2D eigenvalue weighted by atomic mass is 35.5. The van der Waals surface area contributed by atoms with E-state index >= 15 is 0 Å². The van der Waals surface area contributed by atoms with E-state index in [4.69, 9.17) is 16.3 Å². The summed E-state index contributed by atoms with van der Waals surface area (Å²) in [6, 6.07) is 7.36. The molecule has 2 saturated carbocycles. The number of ether oxygens (including phenoxy) is 1. The maximum Gasteiger partial charge on any atom is 0.361 e. The second kappa shape index (κ2) is 8.26. The van der Waals surface area contributed by atoms with Crippen molar-refractivity contribution in [2.45, 2.75) is 64.6 Å². The molecule has 3 unspecified atom stereocenters. The van der Waals surface area contributed by atoms with Crippen molar-refractivity contribution < 1.29 is 14.3 Å². The number of esters is 1. The molecule has 2 aliphatic rings. The zero-order valence-corrected chi connectivity index (χ0v) is 19.1. The Bertz CT molecular complexity index is 954. The van der Waals surface area contributed by atoms with Gasteiger partial charge in [-0.3, -0.25) is 4.79 Å². The minimum absolute atomic E-state index is 0.0525. The minimum atomic E-state index is -0.561. The Morgan fingerprint density at radius 3 is 2.45 bits per heavy atom. The fourth-order valence-corrected chi connectivity index (χ4v) is 5.00. The van der Waals surface area contributed by atoms with E-state index in [1.165, 1.54) is 0 Å². The van der Waals surface area contributed by atoms with Crippen molar-refractivity contribution >= 4 is 23.5 Å². The van der Waals surface area contributed by atoms with Crippen molar-refractivity contribution in [1.29, 1.82) is 0 Å². The molecule has 7 nitrogen and oxygen atoms in total. The lowest BCUT2D eigenvalue weighted by atomic mass is 9.99. The third kappa shape index (κ3) is 4.76. The number of hydrogen-bond acceptors (Lipinski definition) is 5. The lowest BCUT2D eigenvalue weighted by molar-refractivity contribution is 0.00625. The van der Waals surface area contributed by atoms with Crippen molar-refractivity contribution in [3.63, 3.8) is 0 Å². The molecule has 31 heavy (non-hydrogen) atoms. The van der Waals surface area contributed by atoms with Gasteiger partial charge in [-0.15, -0.1) is 5.10 Å². The summed E-state index contributed by atoms with van der Waals surface area (Å²) in [6.07, 6.45) is 4.56. The van der Waals surface area contributed by atoms with E-state index in [1.54, 1.807) is 35.1 Å². The largest absolute Gasteiger partial charge is 0.455 e. The van der Waals surface area contributed by atoms with E-state index in [-0.39, 0.29) is 23.7 Å². The summed E-state index contributed by atoms with van der Waals surface area (Å²) >= 11 is 5.92. The number of halogens is 1. The van der Waals surface area contributed by atoms with Crippen LogP contribution in [0.2, 0.25) is 5.02 Å². The summed E-state index contributed by atoms with van der Waals surface area (Å²) in [5.74, 6) is 1.12. The first-order valence-corrected chi connectivity index (χ1v) is 11.3. The predicted molar refractivity (Wildman–Crippen MR) is 117 cm³/mol. The van der Waals surface area contributed by atoms with Gasteiger partial charge in [0, 0.05) is 16.6 Å². The van der Waals surface area contributed by atoms with Gasteiger partial charge >= 0.3 is 5.97 Å². The van der Waals surface area contributed by atoms with Gasteiger partial charge in [-0.1, -0.05) is 23.7 Å². The first-order chi connectivity index (χ1) is 14.7. The highest BCUT2D eigenvalue weighted by molar-refractivity contribution is 6.30. The Kier molecular flexibility index (Phi) is 5.81. The van der Waals surface area contributed by atoms with E-state index in [0.717, 1.165) is 19.3 Å². The van der Waals surface area contributed by atoms with Gasteiger partial charge in [-0.2, -0.15) is 0 Å². The Balaban J connectivity index is 1.33. The van der Waals surface area contributed by atoms with Crippen LogP contribution in [0, 0.1) is 17.8 Å². The van der Waals surface area contributed by atoms with Crippen LogP contribution in [0.3, 0.4) is 0 Å². The lowest BCUT2D eigenvalue weighted by Crippen LogP contribution is -2.37. The Labute approximate surface area is 187 Å². The van der Waals surface area contributed by atoms with Gasteiger partial charge in [-0.05, 0) is 82.1 Å². The Hall–Kier alpha value is -2.41. The molecule has 5 atom stereocenters. The molecular weight excluding hydrogens is 416 g/mol.